The Labute approximate surface area is 170 Å². The van der Waals surface area contributed by atoms with Crippen molar-refractivity contribution in [2.24, 2.45) is 0 Å². The Morgan fingerprint density at radius 1 is 1.14 bits per heavy atom. The minimum absolute atomic E-state index is 0.0263. The topological polar surface area (TPSA) is 46.9 Å². The van der Waals surface area contributed by atoms with Gasteiger partial charge in [0.15, 0.2) is 0 Å². The number of aryl methyl sites for hydroxylation is 2. The van der Waals surface area contributed by atoms with Crippen LogP contribution in [0.2, 0.25) is 0 Å². The van der Waals surface area contributed by atoms with Crippen LogP contribution in [-0.4, -0.2) is 15.7 Å². The highest BCUT2D eigenvalue weighted by Gasteiger charge is 2.27. The van der Waals surface area contributed by atoms with Gasteiger partial charge in [-0.05, 0) is 49.1 Å². The third kappa shape index (κ3) is 3.47. The predicted molar refractivity (Wildman–Crippen MR) is 116 cm³/mol. The van der Waals surface area contributed by atoms with E-state index in [1.165, 1.54) is 11.1 Å². The number of hydrogen-bond acceptors (Lipinski definition) is 3. The molecular formula is C23H25N3OS. The fourth-order valence-electron chi connectivity index (χ4n) is 3.65. The van der Waals surface area contributed by atoms with E-state index in [0.717, 1.165) is 46.3 Å². The molecular weight excluding hydrogens is 366 g/mol. The highest BCUT2D eigenvalue weighted by Crippen LogP contribution is 2.37. The van der Waals surface area contributed by atoms with Crippen molar-refractivity contribution in [3.63, 3.8) is 0 Å². The quantitative estimate of drug-likeness (QED) is 0.636. The molecule has 0 spiro atoms. The maximum absolute atomic E-state index is 13.2. The van der Waals surface area contributed by atoms with Gasteiger partial charge in [-0.1, -0.05) is 43.3 Å². The van der Waals surface area contributed by atoms with Crippen molar-refractivity contribution in [2.75, 3.05) is 5.32 Å². The molecule has 3 aromatic rings. The number of aromatic nitrogens is 2. The summed E-state index contributed by atoms with van der Waals surface area (Å²) in [4.78, 5) is 13.2. The summed E-state index contributed by atoms with van der Waals surface area (Å²) < 4.78 is 1.91. The summed E-state index contributed by atoms with van der Waals surface area (Å²) in [5.41, 5.74) is 6.73. The van der Waals surface area contributed by atoms with Gasteiger partial charge in [-0.3, -0.25) is 4.79 Å². The molecule has 2 aromatic carbocycles. The number of carbonyl (C=O) groups excluding carboxylic acids is 1. The molecule has 2 heterocycles. The Balaban J connectivity index is 1.71. The van der Waals surface area contributed by atoms with Crippen LogP contribution in [0.3, 0.4) is 0 Å². The number of nitrogens with zero attached hydrogens (tertiary/aromatic N) is 2. The molecule has 1 N–H and O–H groups in total. The fourth-order valence-corrected chi connectivity index (χ4v) is 4.68. The summed E-state index contributed by atoms with van der Waals surface area (Å²) in [5, 5.41) is 8.04. The lowest BCUT2D eigenvalue weighted by molar-refractivity contribution is -0.117. The van der Waals surface area contributed by atoms with Gasteiger partial charge in [0.1, 0.15) is 5.82 Å². The van der Waals surface area contributed by atoms with Gasteiger partial charge in [0.25, 0.3) is 0 Å². The Morgan fingerprint density at radius 3 is 2.64 bits per heavy atom. The molecule has 5 heteroatoms. The zero-order valence-corrected chi connectivity index (χ0v) is 17.3. The minimum Gasteiger partial charge on any atom is -0.310 e. The molecule has 1 atom stereocenters. The van der Waals surface area contributed by atoms with Crippen LogP contribution in [0.4, 0.5) is 5.82 Å². The highest BCUT2D eigenvalue weighted by molar-refractivity contribution is 7.98. The average Bonchev–Trinajstić information content (AvgIpc) is 3.28. The second kappa shape index (κ2) is 7.84. The van der Waals surface area contributed by atoms with Gasteiger partial charge < -0.3 is 5.32 Å². The number of hydrogen-bond donors (Lipinski definition) is 1. The number of thioether (sulfide) groups is 1. The summed E-state index contributed by atoms with van der Waals surface area (Å²) in [6.07, 6.45) is 0.755. The first-order chi connectivity index (χ1) is 13.6. The lowest BCUT2D eigenvalue weighted by atomic mass is 9.95. The molecule has 0 fully saturated rings. The van der Waals surface area contributed by atoms with Crippen LogP contribution < -0.4 is 5.32 Å². The number of nitrogens with one attached hydrogen (secondary N) is 1. The number of benzene rings is 2. The van der Waals surface area contributed by atoms with E-state index in [1.807, 2.05) is 46.8 Å². The average molecular weight is 392 g/mol. The standard InChI is InChI=1S/C23H25N3OS/c1-4-19(17-8-6-5-7-9-17)23(27)24-22-20-13-28-14-21(20)25-26(22)18-11-10-15(2)16(3)12-18/h5-12,19H,4,13-14H2,1-3H3,(H,24,27)/t19-/m0/s1. The molecule has 4 rings (SSSR count). The van der Waals surface area contributed by atoms with Crippen molar-refractivity contribution in [1.82, 2.24) is 9.78 Å². The number of carbonyl (C=O) groups is 1. The predicted octanol–water partition coefficient (Wildman–Crippen LogP) is 5.37. The summed E-state index contributed by atoms with van der Waals surface area (Å²) in [6.45, 7) is 6.26. The SMILES string of the molecule is CC[C@H](C(=O)Nc1c2c(nn1-c1ccc(C)c(C)c1)CSC2)c1ccccc1. The third-order valence-corrected chi connectivity index (χ3v) is 6.43. The first kappa shape index (κ1) is 18.8. The number of fused-ring (bicyclic) bond motifs is 1. The van der Waals surface area contributed by atoms with Crippen molar-refractivity contribution in [3.05, 3.63) is 76.5 Å². The van der Waals surface area contributed by atoms with Crippen molar-refractivity contribution < 1.29 is 4.79 Å². The Hall–Kier alpha value is -2.53. The normalized spacial score (nSPS) is 14.0. The van der Waals surface area contributed by atoms with E-state index in [-0.39, 0.29) is 11.8 Å². The first-order valence-electron chi connectivity index (χ1n) is 9.70. The fraction of sp³-hybridized carbons (Fsp3) is 0.304. The van der Waals surface area contributed by atoms with E-state index < -0.39 is 0 Å². The molecule has 0 saturated heterocycles. The molecule has 1 amide bonds. The molecule has 1 aliphatic heterocycles. The van der Waals surface area contributed by atoms with Crippen LogP contribution in [0.25, 0.3) is 5.69 Å². The molecule has 0 saturated carbocycles. The molecule has 0 aliphatic carbocycles. The number of rotatable bonds is 5. The third-order valence-electron chi connectivity index (χ3n) is 5.46. The zero-order valence-electron chi connectivity index (χ0n) is 16.5. The molecule has 1 aromatic heterocycles. The monoisotopic (exact) mass is 391 g/mol. The van der Waals surface area contributed by atoms with E-state index in [1.54, 1.807) is 0 Å². The maximum Gasteiger partial charge on any atom is 0.233 e. The van der Waals surface area contributed by atoms with Gasteiger partial charge in [-0.15, -0.1) is 0 Å². The summed E-state index contributed by atoms with van der Waals surface area (Å²) >= 11 is 1.84. The summed E-state index contributed by atoms with van der Waals surface area (Å²) in [7, 11) is 0. The molecule has 0 bridgehead atoms. The van der Waals surface area contributed by atoms with Crippen LogP contribution in [0, 0.1) is 13.8 Å². The van der Waals surface area contributed by atoms with Crippen molar-refractivity contribution in [1.29, 1.82) is 0 Å². The van der Waals surface area contributed by atoms with Gasteiger partial charge in [-0.2, -0.15) is 16.9 Å². The first-order valence-corrected chi connectivity index (χ1v) is 10.9. The van der Waals surface area contributed by atoms with Crippen LogP contribution in [0.1, 0.15) is 47.2 Å². The van der Waals surface area contributed by atoms with Crippen molar-refractivity contribution in [3.8, 4) is 5.69 Å². The van der Waals surface area contributed by atoms with Gasteiger partial charge >= 0.3 is 0 Å². The molecule has 0 radical (unpaired) electrons. The van der Waals surface area contributed by atoms with E-state index in [9.17, 15) is 4.79 Å². The van der Waals surface area contributed by atoms with Crippen molar-refractivity contribution >= 4 is 23.5 Å². The Kier molecular flexibility index (Phi) is 5.27. The second-order valence-electron chi connectivity index (χ2n) is 7.31. The van der Waals surface area contributed by atoms with E-state index in [0.29, 0.717) is 0 Å². The molecule has 28 heavy (non-hydrogen) atoms. The maximum atomic E-state index is 13.2. The van der Waals surface area contributed by atoms with Crippen molar-refractivity contribution in [2.45, 2.75) is 44.6 Å². The van der Waals surface area contributed by atoms with Gasteiger partial charge in [-0.25, -0.2) is 4.68 Å². The largest absolute Gasteiger partial charge is 0.310 e. The Bertz CT molecular complexity index is 1010. The van der Waals surface area contributed by atoms with Crippen LogP contribution in [-0.2, 0) is 16.3 Å². The smallest absolute Gasteiger partial charge is 0.233 e. The lowest BCUT2D eigenvalue weighted by Crippen LogP contribution is -2.23. The van der Waals surface area contributed by atoms with Crippen LogP contribution >= 0.6 is 11.8 Å². The van der Waals surface area contributed by atoms with Gasteiger partial charge in [0.05, 0.1) is 17.3 Å². The summed E-state index contributed by atoms with van der Waals surface area (Å²) in [5.74, 6) is 2.46. The van der Waals surface area contributed by atoms with Gasteiger partial charge in [0, 0.05) is 17.1 Å². The highest BCUT2D eigenvalue weighted by atomic mass is 32.2. The van der Waals surface area contributed by atoms with E-state index >= 15 is 0 Å². The lowest BCUT2D eigenvalue weighted by Gasteiger charge is -2.17. The minimum atomic E-state index is -0.172. The molecule has 4 nitrogen and oxygen atoms in total. The second-order valence-corrected chi connectivity index (χ2v) is 8.29. The molecule has 0 unspecified atom stereocenters. The molecule has 144 valence electrons. The Morgan fingerprint density at radius 2 is 1.93 bits per heavy atom. The van der Waals surface area contributed by atoms with E-state index in [2.05, 4.69) is 44.3 Å². The van der Waals surface area contributed by atoms with Gasteiger partial charge in [0.2, 0.25) is 5.91 Å². The summed E-state index contributed by atoms with van der Waals surface area (Å²) in [6, 6.07) is 16.3. The zero-order chi connectivity index (χ0) is 19.7. The van der Waals surface area contributed by atoms with Crippen LogP contribution in [0.15, 0.2) is 48.5 Å². The van der Waals surface area contributed by atoms with Crippen LogP contribution in [0.5, 0.6) is 0 Å². The number of anilines is 1. The number of amides is 1. The molecule has 1 aliphatic rings. The van der Waals surface area contributed by atoms with E-state index in [4.69, 9.17) is 5.10 Å².